The molecule has 0 unspecified atom stereocenters. The van der Waals surface area contributed by atoms with Crippen LogP contribution in [0.1, 0.15) is 36.5 Å². The first kappa shape index (κ1) is 14.1. The molecule has 2 rings (SSSR count). The Balaban J connectivity index is 2.16. The van der Waals surface area contributed by atoms with Crippen molar-refractivity contribution in [1.82, 2.24) is 4.98 Å². The molecule has 0 spiro atoms. The summed E-state index contributed by atoms with van der Waals surface area (Å²) < 4.78 is 5.82. The highest BCUT2D eigenvalue weighted by Gasteiger charge is 2.05. The van der Waals surface area contributed by atoms with Gasteiger partial charge < -0.3 is 4.74 Å². The van der Waals surface area contributed by atoms with Gasteiger partial charge in [0, 0.05) is 17.1 Å². The van der Waals surface area contributed by atoms with E-state index in [-0.39, 0.29) is 0 Å². The van der Waals surface area contributed by atoms with Crippen LogP contribution in [-0.2, 0) is 5.33 Å². The average Bonchev–Trinajstić information content (AvgIpc) is 2.41. The molecule has 3 heteroatoms. The second kappa shape index (κ2) is 6.20. The van der Waals surface area contributed by atoms with Gasteiger partial charge in [-0.1, -0.05) is 41.9 Å². The van der Waals surface area contributed by atoms with Gasteiger partial charge in [0.1, 0.15) is 5.75 Å². The van der Waals surface area contributed by atoms with Crippen LogP contribution in [0.4, 0.5) is 0 Å². The monoisotopic (exact) mass is 319 g/mol. The first-order chi connectivity index (χ1) is 9.10. The fourth-order valence-corrected chi connectivity index (χ4v) is 2.14. The van der Waals surface area contributed by atoms with E-state index in [1.807, 2.05) is 25.3 Å². The lowest BCUT2D eigenvalue weighted by atomic mass is 10.0. The number of ether oxygens (including phenoxy) is 1. The van der Waals surface area contributed by atoms with Crippen molar-refractivity contribution in [2.75, 3.05) is 0 Å². The molecule has 1 heterocycles. The van der Waals surface area contributed by atoms with Gasteiger partial charge in [0.2, 0.25) is 5.88 Å². The van der Waals surface area contributed by atoms with Crippen molar-refractivity contribution in [2.45, 2.75) is 32.0 Å². The van der Waals surface area contributed by atoms with Crippen molar-refractivity contribution < 1.29 is 4.74 Å². The Hall–Kier alpha value is -1.35. The number of benzene rings is 1. The molecule has 19 heavy (non-hydrogen) atoms. The summed E-state index contributed by atoms with van der Waals surface area (Å²) in [5.74, 6) is 2.03. The SMILES string of the molecule is Cc1cc(CBr)cnc1Oc1ccc(C(C)C)cc1. The van der Waals surface area contributed by atoms with Crippen LogP contribution in [-0.4, -0.2) is 4.98 Å². The van der Waals surface area contributed by atoms with Crippen LogP contribution in [0.5, 0.6) is 11.6 Å². The molecular weight excluding hydrogens is 302 g/mol. The van der Waals surface area contributed by atoms with Crippen LogP contribution in [0.3, 0.4) is 0 Å². The number of nitrogens with zero attached hydrogens (tertiary/aromatic N) is 1. The van der Waals surface area contributed by atoms with E-state index in [9.17, 15) is 0 Å². The van der Waals surface area contributed by atoms with Crippen molar-refractivity contribution >= 4 is 15.9 Å². The van der Waals surface area contributed by atoms with Crippen molar-refractivity contribution in [3.05, 3.63) is 53.2 Å². The summed E-state index contributed by atoms with van der Waals surface area (Å²) in [6.45, 7) is 6.37. The van der Waals surface area contributed by atoms with Crippen molar-refractivity contribution in [3.8, 4) is 11.6 Å². The third-order valence-electron chi connectivity index (χ3n) is 3.00. The van der Waals surface area contributed by atoms with Crippen molar-refractivity contribution in [3.63, 3.8) is 0 Å². The summed E-state index contributed by atoms with van der Waals surface area (Å²) in [5.41, 5.74) is 3.51. The Bertz CT molecular complexity index is 549. The minimum Gasteiger partial charge on any atom is -0.439 e. The topological polar surface area (TPSA) is 22.1 Å². The third kappa shape index (κ3) is 3.57. The van der Waals surface area contributed by atoms with Crippen LogP contribution in [0.15, 0.2) is 36.5 Å². The zero-order chi connectivity index (χ0) is 13.8. The fraction of sp³-hybridized carbons (Fsp3) is 0.312. The minimum absolute atomic E-state index is 0.534. The van der Waals surface area contributed by atoms with Gasteiger partial charge in [-0.3, -0.25) is 0 Å². The van der Waals surface area contributed by atoms with Crippen LogP contribution in [0.25, 0.3) is 0 Å². The number of hydrogen-bond acceptors (Lipinski definition) is 2. The Labute approximate surface area is 123 Å². The Morgan fingerprint density at radius 1 is 1.21 bits per heavy atom. The smallest absolute Gasteiger partial charge is 0.222 e. The first-order valence-corrected chi connectivity index (χ1v) is 7.51. The molecule has 0 fully saturated rings. The summed E-state index contributed by atoms with van der Waals surface area (Å²) in [7, 11) is 0. The van der Waals surface area contributed by atoms with Gasteiger partial charge >= 0.3 is 0 Å². The molecule has 2 nitrogen and oxygen atoms in total. The summed E-state index contributed by atoms with van der Waals surface area (Å²) in [6, 6.07) is 10.3. The van der Waals surface area contributed by atoms with E-state index in [0.29, 0.717) is 11.8 Å². The number of alkyl halides is 1. The zero-order valence-corrected chi connectivity index (χ0v) is 13.1. The molecule has 0 saturated heterocycles. The van der Waals surface area contributed by atoms with Gasteiger partial charge in [-0.25, -0.2) is 4.98 Å². The van der Waals surface area contributed by atoms with E-state index >= 15 is 0 Å². The molecule has 0 radical (unpaired) electrons. The molecule has 0 atom stereocenters. The van der Waals surface area contributed by atoms with Crippen molar-refractivity contribution in [1.29, 1.82) is 0 Å². The van der Waals surface area contributed by atoms with Gasteiger partial charge in [0.05, 0.1) is 0 Å². The number of halogens is 1. The van der Waals surface area contributed by atoms with E-state index in [0.717, 1.165) is 22.2 Å². The number of rotatable bonds is 4. The van der Waals surface area contributed by atoms with Crippen LogP contribution in [0, 0.1) is 6.92 Å². The second-order valence-corrected chi connectivity index (χ2v) is 5.49. The highest BCUT2D eigenvalue weighted by molar-refractivity contribution is 9.08. The molecule has 0 amide bonds. The molecule has 1 aromatic heterocycles. The van der Waals surface area contributed by atoms with Gasteiger partial charge in [-0.05, 0) is 42.2 Å². The van der Waals surface area contributed by atoms with Gasteiger partial charge in [0.15, 0.2) is 0 Å². The third-order valence-corrected chi connectivity index (χ3v) is 3.65. The average molecular weight is 320 g/mol. The molecule has 0 N–H and O–H groups in total. The normalized spacial score (nSPS) is 10.8. The molecule has 2 aromatic rings. The maximum absolute atomic E-state index is 5.82. The molecule has 0 aliphatic rings. The standard InChI is InChI=1S/C16H18BrNO/c1-11(2)14-4-6-15(7-5-14)19-16-12(3)8-13(9-17)10-18-16/h4-8,10-11H,9H2,1-3H3. The van der Waals surface area contributed by atoms with Crippen LogP contribution < -0.4 is 4.74 Å². The van der Waals surface area contributed by atoms with E-state index in [2.05, 4.69) is 53.0 Å². The molecule has 0 aliphatic heterocycles. The minimum atomic E-state index is 0.534. The molecular formula is C16H18BrNO. The summed E-state index contributed by atoms with van der Waals surface area (Å²) in [6.07, 6.45) is 1.83. The quantitative estimate of drug-likeness (QED) is 0.722. The van der Waals surface area contributed by atoms with Crippen LogP contribution in [0.2, 0.25) is 0 Å². The second-order valence-electron chi connectivity index (χ2n) is 4.93. The van der Waals surface area contributed by atoms with Gasteiger partial charge in [-0.15, -0.1) is 0 Å². The number of hydrogen-bond donors (Lipinski definition) is 0. The van der Waals surface area contributed by atoms with Crippen LogP contribution >= 0.6 is 15.9 Å². The number of aromatic nitrogens is 1. The zero-order valence-electron chi connectivity index (χ0n) is 11.5. The highest BCUT2D eigenvalue weighted by atomic mass is 79.9. The summed E-state index contributed by atoms with van der Waals surface area (Å²) in [4.78, 5) is 4.35. The number of pyridine rings is 1. The van der Waals surface area contributed by atoms with E-state index < -0.39 is 0 Å². The molecule has 0 saturated carbocycles. The summed E-state index contributed by atoms with van der Waals surface area (Å²) >= 11 is 3.42. The fourth-order valence-electron chi connectivity index (χ4n) is 1.83. The lowest BCUT2D eigenvalue weighted by molar-refractivity contribution is 0.458. The molecule has 0 bridgehead atoms. The Kier molecular flexibility index (Phi) is 4.59. The number of aryl methyl sites for hydroxylation is 1. The largest absolute Gasteiger partial charge is 0.439 e. The van der Waals surface area contributed by atoms with E-state index in [1.54, 1.807) is 0 Å². The lowest BCUT2D eigenvalue weighted by Crippen LogP contribution is -1.93. The molecule has 100 valence electrons. The van der Waals surface area contributed by atoms with Gasteiger partial charge in [-0.2, -0.15) is 0 Å². The predicted octanol–water partition coefficient (Wildman–Crippen LogP) is 5.20. The predicted molar refractivity (Wildman–Crippen MR) is 82.2 cm³/mol. The van der Waals surface area contributed by atoms with E-state index in [4.69, 9.17) is 4.74 Å². The molecule has 1 aromatic carbocycles. The van der Waals surface area contributed by atoms with Crippen molar-refractivity contribution in [2.24, 2.45) is 0 Å². The van der Waals surface area contributed by atoms with Gasteiger partial charge in [0.25, 0.3) is 0 Å². The lowest BCUT2D eigenvalue weighted by Gasteiger charge is -2.10. The Morgan fingerprint density at radius 3 is 2.42 bits per heavy atom. The Morgan fingerprint density at radius 2 is 1.89 bits per heavy atom. The maximum Gasteiger partial charge on any atom is 0.222 e. The molecule has 0 aliphatic carbocycles. The summed E-state index contributed by atoms with van der Waals surface area (Å²) in [5, 5.41) is 0.810. The maximum atomic E-state index is 5.82. The first-order valence-electron chi connectivity index (χ1n) is 6.39. The highest BCUT2D eigenvalue weighted by Crippen LogP contribution is 2.25. The van der Waals surface area contributed by atoms with E-state index in [1.165, 1.54) is 5.56 Å².